The summed E-state index contributed by atoms with van der Waals surface area (Å²) in [6.07, 6.45) is 5.62. The first-order valence-corrected chi connectivity index (χ1v) is 10.2. The summed E-state index contributed by atoms with van der Waals surface area (Å²) in [6.45, 7) is 0.0706. The van der Waals surface area contributed by atoms with Gasteiger partial charge in [-0.15, -0.1) is 0 Å². The average Bonchev–Trinajstić information content (AvgIpc) is 2.73. The molecule has 1 aliphatic rings. The number of hydrogen-bond acceptors (Lipinski definition) is 4. The lowest BCUT2D eigenvalue weighted by Gasteiger charge is -2.22. The Morgan fingerprint density at radius 1 is 1.07 bits per heavy atom. The Morgan fingerprint density at radius 2 is 1.86 bits per heavy atom. The Bertz CT molecular complexity index is 866. The highest BCUT2D eigenvalue weighted by Crippen LogP contribution is 2.27. The van der Waals surface area contributed by atoms with Crippen LogP contribution >= 0.6 is 11.6 Å². The maximum atomic E-state index is 12.5. The van der Waals surface area contributed by atoms with E-state index >= 15 is 0 Å². The van der Waals surface area contributed by atoms with Gasteiger partial charge in [0, 0.05) is 23.0 Å². The summed E-state index contributed by atoms with van der Waals surface area (Å²) in [5, 5.41) is 9.38. The van der Waals surface area contributed by atoms with Crippen LogP contribution in [0.1, 0.15) is 42.5 Å². The van der Waals surface area contributed by atoms with Crippen molar-refractivity contribution >= 4 is 34.8 Å². The number of ether oxygens (including phenoxy) is 1. The molecule has 0 atom stereocenters. The summed E-state index contributed by atoms with van der Waals surface area (Å²) in [5.41, 5.74) is 1.84. The number of carbonyl (C=O) groups excluding carboxylic acids is 2. The van der Waals surface area contributed by atoms with Crippen LogP contribution in [0.4, 0.5) is 11.4 Å². The number of benzene rings is 2. The minimum Gasteiger partial charge on any atom is -0.495 e. The maximum Gasteiger partial charge on any atom is 0.251 e. The fourth-order valence-electron chi connectivity index (χ4n) is 3.42. The van der Waals surface area contributed by atoms with Gasteiger partial charge in [0.2, 0.25) is 5.91 Å². The Morgan fingerprint density at radius 3 is 2.59 bits per heavy atom. The van der Waals surface area contributed by atoms with Crippen molar-refractivity contribution in [2.75, 3.05) is 24.3 Å². The number of rotatable bonds is 7. The lowest BCUT2D eigenvalue weighted by Crippen LogP contribution is -2.36. The lowest BCUT2D eigenvalue weighted by molar-refractivity contribution is -0.114. The molecule has 1 saturated carbocycles. The largest absolute Gasteiger partial charge is 0.495 e. The molecule has 0 unspecified atom stereocenters. The number of anilines is 2. The fourth-order valence-corrected chi connectivity index (χ4v) is 3.68. The molecule has 0 saturated heterocycles. The summed E-state index contributed by atoms with van der Waals surface area (Å²) >= 11 is 6.09. The Balaban J connectivity index is 1.53. The molecular formula is C22H26ClN3O3. The molecule has 2 amide bonds. The predicted octanol–water partition coefficient (Wildman–Crippen LogP) is 4.46. The van der Waals surface area contributed by atoms with Crippen LogP contribution in [-0.4, -0.2) is 31.5 Å². The van der Waals surface area contributed by atoms with E-state index in [1.54, 1.807) is 49.6 Å². The molecular weight excluding hydrogens is 390 g/mol. The van der Waals surface area contributed by atoms with Gasteiger partial charge in [-0.1, -0.05) is 36.9 Å². The summed E-state index contributed by atoms with van der Waals surface area (Å²) in [6, 6.07) is 12.4. The van der Waals surface area contributed by atoms with E-state index in [1.165, 1.54) is 6.42 Å². The molecule has 1 fully saturated rings. The van der Waals surface area contributed by atoms with Crippen LogP contribution in [0.25, 0.3) is 0 Å². The van der Waals surface area contributed by atoms with Crippen LogP contribution < -0.4 is 20.7 Å². The van der Waals surface area contributed by atoms with Gasteiger partial charge in [0.05, 0.1) is 18.7 Å². The maximum absolute atomic E-state index is 12.5. The molecule has 0 heterocycles. The Hall–Kier alpha value is -2.73. The van der Waals surface area contributed by atoms with E-state index in [-0.39, 0.29) is 24.4 Å². The smallest absolute Gasteiger partial charge is 0.251 e. The highest BCUT2D eigenvalue weighted by molar-refractivity contribution is 6.32. The highest BCUT2D eigenvalue weighted by Gasteiger charge is 2.17. The number of halogens is 1. The third-order valence-electron chi connectivity index (χ3n) is 4.95. The topological polar surface area (TPSA) is 79.5 Å². The molecule has 0 spiro atoms. The van der Waals surface area contributed by atoms with Crippen molar-refractivity contribution in [3.05, 3.63) is 53.1 Å². The molecule has 0 radical (unpaired) electrons. The molecule has 0 aromatic heterocycles. The molecule has 29 heavy (non-hydrogen) atoms. The number of amides is 2. The fraction of sp³-hybridized carbons (Fsp3) is 0.364. The first-order valence-electron chi connectivity index (χ1n) is 9.83. The van der Waals surface area contributed by atoms with Crippen molar-refractivity contribution in [3.63, 3.8) is 0 Å². The molecule has 3 N–H and O–H groups in total. The van der Waals surface area contributed by atoms with Gasteiger partial charge in [-0.05, 0) is 49.2 Å². The number of nitrogens with one attached hydrogen (secondary N) is 3. The van der Waals surface area contributed by atoms with E-state index in [0.717, 1.165) is 25.7 Å². The average molecular weight is 416 g/mol. The number of hydrogen-bond donors (Lipinski definition) is 3. The summed E-state index contributed by atoms with van der Waals surface area (Å²) in [5.74, 6) is 0.255. The van der Waals surface area contributed by atoms with Gasteiger partial charge in [-0.25, -0.2) is 0 Å². The number of carbonyl (C=O) groups is 2. The lowest BCUT2D eigenvalue weighted by atomic mass is 9.95. The van der Waals surface area contributed by atoms with Crippen LogP contribution in [0.15, 0.2) is 42.5 Å². The minimum atomic E-state index is -0.221. The molecule has 2 aromatic rings. The van der Waals surface area contributed by atoms with Crippen molar-refractivity contribution < 1.29 is 14.3 Å². The molecule has 3 rings (SSSR count). The van der Waals surface area contributed by atoms with E-state index in [0.29, 0.717) is 27.7 Å². The van der Waals surface area contributed by atoms with Crippen molar-refractivity contribution in [1.29, 1.82) is 0 Å². The SMILES string of the molecule is COc1ccc(NCC(=O)Nc2cccc(C(=O)NC3CCCCC3)c2)cc1Cl. The van der Waals surface area contributed by atoms with Crippen LogP contribution in [-0.2, 0) is 4.79 Å². The summed E-state index contributed by atoms with van der Waals surface area (Å²) in [4.78, 5) is 24.7. The monoisotopic (exact) mass is 415 g/mol. The van der Waals surface area contributed by atoms with E-state index in [1.807, 2.05) is 0 Å². The molecule has 0 bridgehead atoms. The van der Waals surface area contributed by atoms with Crippen LogP contribution in [0.2, 0.25) is 5.02 Å². The molecule has 7 heteroatoms. The molecule has 1 aliphatic carbocycles. The van der Waals surface area contributed by atoms with Crippen LogP contribution in [0, 0.1) is 0 Å². The zero-order valence-corrected chi connectivity index (χ0v) is 17.2. The Labute approximate surface area is 176 Å². The van der Waals surface area contributed by atoms with Crippen LogP contribution in [0.3, 0.4) is 0 Å². The second-order valence-corrected chi connectivity index (χ2v) is 7.55. The second kappa shape index (κ2) is 10.2. The second-order valence-electron chi connectivity index (χ2n) is 7.14. The standard InChI is InChI=1S/C22H26ClN3O3/c1-29-20-11-10-17(13-19(20)23)24-14-21(27)25-18-9-5-6-15(12-18)22(28)26-16-7-3-2-4-8-16/h5-6,9-13,16,24H,2-4,7-8,14H2,1H3,(H,25,27)(H,26,28). The van der Waals surface area contributed by atoms with Gasteiger partial charge in [0.15, 0.2) is 0 Å². The first kappa shape index (κ1) is 21.0. The zero-order chi connectivity index (χ0) is 20.6. The van der Waals surface area contributed by atoms with Gasteiger partial charge < -0.3 is 20.7 Å². The van der Waals surface area contributed by atoms with E-state index < -0.39 is 0 Å². The quantitative estimate of drug-likeness (QED) is 0.623. The van der Waals surface area contributed by atoms with Gasteiger partial charge in [0.25, 0.3) is 5.91 Å². The molecule has 2 aromatic carbocycles. The van der Waals surface area contributed by atoms with E-state index in [4.69, 9.17) is 16.3 Å². The Kier molecular flexibility index (Phi) is 7.36. The van der Waals surface area contributed by atoms with Crippen molar-refractivity contribution in [2.45, 2.75) is 38.1 Å². The molecule has 154 valence electrons. The van der Waals surface area contributed by atoms with Gasteiger partial charge >= 0.3 is 0 Å². The van der Waals surface area contributed by atoms with Crippen molar-refractivity contribution in [1.82, 2.24) is 5.32 Å². The van der Waals surface area contributed by atoms with E-state index in [9.17, 15) is 9.59 Å². The molecule has 0 aliphatic heterocycles. The normalized spacial score (nSPS) is 14.1. The third-order valence-corrected chi connectivity index (χ3v) is 5.25. The van der Waals surface area contributed by atoms with Crippen molar-refractivity contribution in [2.24, 2.45) is 0 Å². The van der Waals surface area contributed by atoms with Gasteiger partial charge in [-0.3, -0.25) is 9.59 Å². The zero-order valence-electron chi connectivity index (χ0n) is 16.5. The third kappa shape index (κ3) is 6.12. The minimum absolute atomic E-state index is 0.0706. The van der Waals surface area contributed by atoms with Crippen molar-refractivity contribution in [3.8, 4) is 5.75 Å². The molecule has 6 nitrogen and oxygen atoms in total. The van der Waals surface area contributed by atoms with Gasteiger partial charge in [0.1, 0.15) is 5.75 Å². The summed E-state index contributed by atoms with van der Waals surface area (Å²) in [7, 11) is 1.55. The predicted molar refractivity (Wildman–Crippen MR) is 116 cm³/mol. The van der Waals surface area contributed by atoms with Crippen LogP contribution in [0.5, 0.6) is 5.75 Å². The van der Waals surface area contributed by atoms with E-state index in [2.05, 4.69) is 16.0 Å². The highest BCUT2D eigenvalue weighted by atomic mass is 35.5. The van der Waals surface area contributed by atoms with Gasteiger partial charge in [-0.2, -0.15) is 0 Å². The first-order chi connectivity index (χ1) is 14.0. The number of methoxy groups -OCH3 is 1. The summed E-state index contributed by atoms with van der Waals surface area (Å²) < 4.78 is 5.11.